The molecule has 1 saturated heterocycles. The predicted molar refractivity (Wildman–Crippen MR) is 84.4 cm³/mol. The van der Waals surface area contributed by atoms with Crippen LogP contribution in [0.4, 0.5) is 11.5 Å². The van der Waals surface area contributed by atoms with Crippen molar-refractivity contribution in [3.05, 3.63) is 42.2 Å². The molecule has 3 heterocycles. The number of nitrogens with one attached hydrogen (secondary N) is 1. The molecule has 1 fully saturated rings. The second-order valence-electron chi connectivity index (χ2n) is 5.11. The van der Waals surface area contributed by atoms with Gasteiger partial charge in [-0.2, -0.15) is 0 Å². The molecule has 1 aliphatic rings. The van der Waals surface area contributed by atoms with E-state index in [9.17, 15) is 4.79 Å². The molecule has 2 aromatic heterocycles. The number of ether oxygens (including phenoxy) is 1. The van der Waals surface area contributed by atoms with Gasteiger partial charge >= 0.3 is 0 Å². The lowest BCUT2D eigenvalue weighted by Gasteiger charge is -2.17. The number of rotatable bonds is 4. The summed E-state index contributed by atoms with van der Waals surface area (Å²) in [5.41, 5.74) is 1.48. The van der Waals surface area contributed by atoms with Gasteiger partial charge in [0.05, 0.1) is 19.0 Å². The molecule has 0 radical (unpaired) electrons. The molecule has 0 aliphatic carbocycles. The number of carbonyl (C=O) groups is 1. The van der Waals surface area contributed by atoms with Crippen molar-refractivity contribution in [2.24, 2.45) is 0 Å². The second-order valence-corrected chi connectivity index (χ2v) is 5.11. The van der Waals surface area contributed by atoms with Crippen molar-refractivity contribution in [3.63, 3.8) is 0 Å². The van der Waals surface area contributed by atoms with Crippen LogP contribution in [-0.2, 0) is 0 Å². The molecule has 22 heavy (non-hydrogen) atoms. The monoisotopic (exact) mass is 298 g/mol. The summed E-state index contributed by atoms with van der Waals surface area (Å²) in [5.74, 6) is 0.527. The molecule has 0 atom stereocenters. The normalized spacial score (nSPS) is 14.0. The molecule has 114 valence electrons. The molecule has 3 rings (SSSR count). The number of hydrogen-bond donors (Lipinski definition) is 1. The van der Waals surface area contributed by atoms with Gasteiger partial charge in [-0.25, -0.2) is 9.97 Å². The fraction of sp³-hybridized carbons (Fsp3) is 0.312. The molecule has 6 nitrogen and oxygen atoms in total. The van der Waals surface area contributed by atoms with E-state index in [-0.39, 0.29) is 5.91 Å². The summed E-state index contributed by atoms with van der Waals surface area (Å²) < 4.78 is 5.09. The van der Waals surface area contributed by atoms with Crippen molar-refractivity contribution >= 4 is 17.4 Å². The van der Waals surface area contributed by atoms with Crippen LogP contribution in [0.15, 0.2) is 36.7 Å². The van der Waals surface area contributed by atoms with E-state index < -0.39 is 0 Å². The van der Waals surface area contributed by atoms with Gasteiger partial charge in [0.25, 0.3) is 5.91 Å². The van der Waals surface area contributed by atoms with E-state index in [4.69, 9.17) is 4.74 Å². The van der Waals surface area contributed by atoms with Gasteiger partial charge in [-0.3, -0.25) is 4.79 Å². The molecule has 0 unspecified atom stereocenters. The molecule has 0 bridgehead atoms. The zero-order valence-corrected chi connectivity index (χ0v) is 12.5. The highest BCUT2D eigenvalue weighted by Crippen LogP contribution is 2.21. The third-order valence-electron chi connectivity index (χ3n) is 3.67. The second kappa shape index (κ2) is 6.43. The maximum atomic E-state index is 12.3. The zero-order valence-electron chi connectivity index (χ0n) is 12.5. The Kier molecular flexibility index (Phi) is 4.18. The minimum Gasteiger partial charge on any atom is -0.480 e. The molecular weight excluding hydrogens is 280 g/mol. The van der Waals surface area contributed by atoms with Crippen molar-refractivity contribution in [3.8, 4) is 5.88 Å². The van der Waals surface area contributed by atoms with E-state index in [2.05, 4.69) is 20.2 Å². The van der Waals surface area contributed by atoms with Gasteiger partial charge in [-0.05, 0) is 37.1 Å². The molecule has 2 aromatic rings. The summed E-state index contributed by atoms with van der Waals surface area (Å²) in [4.78, 5) is 22.9. The standard InChI is InChI=1S/C16H18N4O2/c1-22-16-13(5-4-8-17-16)15(21)19-14-7-6-12(11-18-14)20-9-2-3-10-20/h4-8,11H,2-3,9-10H2,1H3,(H,18,19,21). The molecule has 6 heteroatoms. The third-order valence-corrected chi connectivity index (χ3v) is 3.67. The maximum Gasteiger partial charge on any atom is 0.262 e. The Morgan fingerprint density at radius 1 is 1.23 bits per heavy atom. The first-order chi connectivity index (χ1) is 10.8. The number of nitrogens with zero attached hydrogens (tertiary/aromatic N) is 3. The Balaban J connectivity index is 1.71. The van der Waals surface area contributed by atoms with Crippen LogP contribution in [0.1, 0.15) is 23.2 Å². The SMILES string of the molecule is COc1ncccc1C(=O)Nc1ccc(N2CCCC2)cn1. The fourth-order valence-corrected chi connectivity index (χ4v) is 2.53. The first-order valence-corrected chi connectivity index (χ1v) is 7.29. The van der Waals surface area contributed by atoms with Crippen LogP contribution in [0, 0.1) is 0 Å². The largest absolute Gasteiger partial charge is 0.480 e. The number of amides is 1. The zero-order chi connectivity index (χ0) is 15.4. The molecule has 1 N–H and O–H groups in total. The average Bonchev–Trinajstić information content (AvgIpc) is 3.10. The quantitative estimate of drug-likeness (QED) is 0.938. The van der Waals surface area contributed by atoms with Crippen LogP contribution in [0.2, 0.25) is 0 Å². The molecule has 0 aromatic carbocycles. The number of anilines is 2. The molecule has 1 amide bonds. The van der Waals surface area contributed by atoms with Crippen molar-refractivity contribution < 1.29 is 9.53 Å². The topological polar surface area (TPSA) is 67.3 Å². The van der Waals surface area contributed by atoms with Gasteiger partial charge in [0.15, 0.2) is 0 Å². The highest BCUT2D eigenvalue weighted by Gasteiger charge is 2.15. The number of carbonyl (C=O) groups excluding carboxylic acids is 1. The Bertz CT molecular complexity index is 651. The maximum absolute atomic E-state index is 12.3. The van der Waals surface area contributed by atoms with Gasteiger partial charge in [-0.15, -0.1) is 0 Å². The lowest BCUT2D eigenvalue weighted by Crippen LogP contribution is -2.18. The van der Waals surface area contributed by atoms with Gasteiger partial charge in [0, 0.05) is 19.3 Å². The van der Waals surface area contributed by atoms with E-state index in [0.29, 0.717) is 17.3 Å². The minimum absolute atomic E-state index is 0.286. The van der Waals surface area contributed by atoms with E-state index in [1.54, 1.807) is 24.5 Å². The molecule has 0 spiro atoms. The van der Waals surface area contributed by atoms with Gasteiger partial charge < -0.3 is 15.0 Å². The van der Waals surface area contributed by atoms with E-state index in [0.717, 1.165) is 18.8 Å². The minimum atomic E-state index is -0.286. The van der Waals surface area contributed by atoms with E-state index >= 15 is 0 Å². The Morgan fingerprint density at radius 2 is 2.05 bits per heavy atom. The molecular formula is C16H18N4O2. The van der Waals surface area contributed by atoms with Crippen LogP contribution in [0.5, 0.6) is 5.88 Å². The Morgan fingerprint density at radius 3 is 2.73 bits per heavy atom. The van der Waals surface area contributed by atoms with E-state index in [1.807, 2.05) is 12.1 Å². The lowest BCUT2D eigenvalue weighted by atomic mass is 10.2. The van der Waals surface area contributed by atoms with Crippen molar-refractivity contribution in [2.45, 2.75) is 12.8 Å². The van der Waals surface area contributed by atoms with Crippen LogP contribution < -0.4 is 15.0 Å². The highest BCUT2D eigenvalue weighted by atomic mass is 16.5. The summed E-state index contributed by atoms with van der Waals surface area (Å²) in [6, 6.07) is 7.16. The smallest absolute Gasteiger partial charge is 0.262 e. The molecule has 0 saturated carbocycles. The summed E-state index contributed by atoms with van der Waals surface area (Å²) in [6.45, 7) is 2.14. The summed E-state index contributed by atoms with van der Waals surface area (Å²) >= 11 is 0. The van der Waals surface area contributed by atoms with Crippen molar-refractivity contribution in [2.75, 3.05) is 30.4 Å². The van der Waals surface area contributed by atoms with Crippen molar-refractivity contribution in [1.82, 2.24) is 9.97 Å². The first-order valence-electron chi connectivity index (χ1n) is 7.29. The van der Waals surface area contributed by atoms with Crippen LogP contribution in [-0.4, -0.2) is 36.1 Å². The summed E-state index contributed by atoms with van der Waals surface area (Å²) in [5, 5.41) is 2.76. The first kappa shape index (κ1) is 14.3. The van der Waals surface area contributed by atoms with Gasteiger partial charge in [0.1, 0.15) is 11.4 Å². The van der Waals surface area contributed by atoms with Crippen molar-refractivity contribution in [1.29, 1.82) is 0 Å². The number of pyridine rings is 2. The van der Waals surface area contributed by atoms with Crippen LogP contribution in [0.3, 0.4) is 0 Å². The third kappa shape index (κ3) is 3.00. The van der Waals surface area contributed by atoms with E-state index in [1.165, 1.54) is 20.0 Å². The van der Waals surface area contributed by atoms with Crippen LogP contribution in [0.25, 0.3) is 0 Å². The Labute approximate surface area is 129 Å². The predicted octanol–water partition coefficient (Wildman–Crippen LogP) is 2.34. The lowest BCUT2D eigenvalue weighted by molar-refractivity contribution is 0.102. The van der Waals surface area contributed by atoms with Gasteiger partial charge in [-0.1, -0.05) is 0 Å². The fourth-order valence-electron chi connectivity index (χ4n) is 2.53. The number of hydrogen-bond acceptors (Lipinski definition) is 5. The molecule has 1 aliphatic heterocycles. The number of methoxy groups -OCH3 is 1. The number of aromatic nitrogens is 2. The average molecular weight is 298 g/mol. The van der Waals surface area contributed by atoms with Crippen LogP contribution >= 0.6 is 0 Å². The van der Waals surface area contributed by atoms with Gasteiger partial charge in [0.2, 0.25) is 5.88 Å². The summed E-state index contributed by atoms with van der Waals surface area (Å²) in [6.07, 6.45) is 5.82. The summed E-state index contributed by atoms with van der Waals surface area (Å²) in [7, 11) is 1.49. The highest BCUT2D eigenvalue weighted by molar-refractivity contribution is 6.05. The Hall–Kier alpha value is -2.63.